The van der Waals surface area contributed by atoms with E-state index in [4.69, 9.17) is 14.2 Å². The Morgan fingerprint density at radius 3 is 2.11 bits per heavy atom. The van der Waals surface area contributed by atoms with Gasteiger partial charge in [-0.2, -0.15) is 0 Å². The van der Waals surface area contributed by atoms with E-state index in [1.165, 1.54) is 0 Å². The SMILES string of the molecule is CNc1cc(Oc2cc(OC)cc(OC)c2)ccn1. The van der Waals surface area contributed by atoms with E-state index < -0.39 is 0 Å². The first-order valence-corrected chi connectivity index (χ1v) is 5.80. The molecular weight excluding hydrogens is 244 g/mol. The van der Waals surface area contributed by atoms with Crippen LogP contribution < -0.4 is 19.5 Å². The molecule has 5 nitrogen and oxygen atoms in total. The maximum absolute atomic E-state index is 5.77. The van der Waals surface area contributed by atoms with Gasteiger partial charge in [0, 0.05) is 37.5 Å². The van der Waals surface area contributed by atoms with Crippen molar-refractivity contribution in [2.45, 2.75) is 0 Å². The molecule has 1 heterocycles. The van der Waals surface area contributed by atoms with Crippen molar-refractivity contribution in [1.29, 1.82) is 0 Å². The van der Waals surface area contributed by atoms with Crippen LogP contribution in [0.5, 0.6) is 23.0 Å². The number of pyridine rings is 1. The predicted octanol–water partition coefficient (Wildman–Crippen LogP) is 2.93. The molecule has 100 valence electrons. The van der Waals surface area contributed by atoms with Gasteiger partial charge >= 0.3 is 0 Å². The second-order valence-electron chi connectivity index (χ2n) is 3.78. The van der Waals surface area contributed by atoms with Crippen LogP contribution in [0.2, 0.25) is 0 Å². The van der Waals surface area contributed by atoms with Crippen molar-refractivity contribution in [1.82, 2.24) is 4.98 Å². The molecule has 0 atom stereocenters. The summed E-state index contributed by atoms with van der Waals surface area (Å²) in [5, 5.41) is 2.96. The Morgan fingerprint density at radius 1 is 0.895 bits per heavy atom. The fourth-order valence-corrected chi connectivity index (χ4v) is 1.59. The summed E-state index contributed by atoms with van der Waals surface area (Å²) in [4.78, 5) is 4.13. The zero-order valence-electron chi connectivity index (χ0n) is 11.1. The molecule has 2 rings (SSSR count). The number of hydrogen-bond donors (Lipinski definition) is 1. The van der Waals surface area contributed by atoms with Gasteiger partial charge < -0.3 is 19.5 Å². The number of nitrogens with one attached hydrogen (secondary N) is 1. The van der Waals surface area contributed by atoms with E-state index in [2.05, 4.69) is 10.3 Å². The molecule has 0 spiro atoms. The average Bonchev–Trinajstić information content (AvgIpc) is 2.47. The van der Waals surface area contributed by atoms with Gasteiger partial charge in [0.25, 0.3) is 0 Å². The van der Waals surface area contributed by atoms with Gasteiger partial charge in [-0.15, -0.1) is 0 Å². The van der Waals surface area contributed by atoms with E-state index in [9.17, 15) is 0 Å². The number of nitrogens with zero attached hydrogens (tertiary/aromatic N) is 1. The molecule has 0 fully saturated rings. The lowest BCUT2D eigenvalue weighted by Crippen LogP contribution is -1.93. The summed E-state index contributed by atoms with van der Waals surface area (Å²) in [5.74, 6) is 3.43. The number of ether oxygens (including phenoxy) is 3. The smallest absolute Gasteiger partial charge is 0.134 e. The molecular formula is C14H16N2O3. The van der Waals surface area contributed by atoms with Crippen LogP contribution in [-0.4, -0.2) is 26.3 Å². The molecule has 0 bridgehead atoms. The molecule has 0 saturated heterocycles. The molecule has 0 saturated carbocycles. The molecule has 0 aliphatic rings. The molecule has 5 heteroatoms. The van der Waals surface area contributed by atoms with Crippen molar-refractivity contribution < 1.29 is 14.2 Å². The molecule has 0 unspecified atom stereocenters. The van der Waals surface area contributed by atoms with Gasteiger partial charge in [-0.1, -0.05) is 0 Å². The van der Waals surface area contributed by atoms with Crippen molar-refractivity contribution >= 4 is 5.82 Å². The number of anilines is 1. The maximum atomic E-state index is 5.77. The van der Waals surface area contributed by atoms with Crippen LogP contribution in [0.25, 0.3) is 0 Å². The summed E-state index contributed by atoms with van der Waals surface area (Å²) in [7, 11) is 5.01. The van der Waals surface area contributed by atoms with Crippen molar-refractivity contribution in [3.8, 4) is 23.0 Å². The largest absolute Gasteiger partial charge is 0.496 e. The predicted molar refractivity (Wildman–Crippen MR) is 73.4 cm³/mol. The van der Waals surface area contributed by atoms with E-state index in [-0.39, 0.29) is 0 Å². The highest BCUT2D eigenvalue weighted by atomic mass is 16.5. The third-order valence-corrected chi connectivity index (χ3v) is 2.55. The average molecular weight is 260 g/mol. The highest BCUT2D eigenvalue weighted by molar-refractivity contribution is 5.46. The van der Waals surface area contributed by atoms with Crippen LogP contribution in [0.3, 0.4) is 0 Å². The summed E-state index contributed by atoms with van der Waals surface area (Å²) in [5.41, 5.74) is 0. The number of rotatable bonds is 5. The second kappa shape index (κ2) is 5.95. The lowest BCUT2D eigenvalue weighted by molar-refractivity contribution is 0.386. The van der Waals surface area contributed by atoms with Crippen molar-refractivity contribution in [3.05, 3.63) is 36.5 Å². The van der Waals surface area contributed by atoms with Crippen molar-refractivity contribution in [2.24, 2.45) is 0 Å². The van der Waals surface area contributed by atoms with Crippen LogP contribution in [0.1, 0.15) is 0 Å². The molecule has 0 aliphatic carbocycles. The summed E-state index contributed by atoms with van der Waals surface area (Å²) < 4.78 is 16.2. The standard InChI is InChI=1S/C14H16N2O3/c1-15-14-9-10(4-5-16-14)19-13-7-11(17-2)6-12(8-13)18-3/h4-9H,1-3H3,(H,15,16). The van der Waals surface area contributed by atoms with Gasteiger partial charge in [0.15, 0.2) is 0 Å². The lowest BCUT2D eigenvalue weighted by Gasteiger charge is -2.10. The first kappa shape index (κ1) is 13.0. The van der Waals surface area contributed by atoms with Crippen LogP contribution in [0.15, 0.2) is 36.5 Å². The maximum Gasteiger partial charge on any atom is 0.134 e. The zero-order chi connectivity index (χ0) is 13.7. The number of methoxy groups -OCH3 is 2. The van der Waals surface area contributed by atoms with E-state index in [0.29, 0.717) is 23.0 Å². The quantitative estimate of drug-likeness (QED) is 0.895. The lowest BCUT2D eigenvalue weighted by atomic mass is 10.3. The summed E-state index contributed by atoms with van der Waals surface area (Å²) in [6, 6.07) is 8.97. The second-order valence-corrected chi connectivity index (χ2v) is 3.78. The topological polar surface area (TPSA) is 52.6 Å². The minimum absolute atomic E-state index is 0.643. The van der Waals surface area contributed by atoms with Crippen LogP contribution >= 0.6 is 0 Å². The highest BCUT2D eigenvalue weighted by Crippen LogP contribution is 2.31. The van der Waals surface area contributed by atoms with Gasteiger partial charge in [-0.3, -0.25) is 0 Å². The Morgan fingerprint density at radius 2 is 1.53 bits per heavy atom. The van der Waals surface area contributed by atoms with Gasteiger partial charge in [-0.25, -0.2) is 4.98 Å². The zero-order valence-corrected chi connectivity index (χ0v) is 11.1. The Labute approximate surface area is 112 Å². The van der Waals surface area contributed by atoms with Crippen LogP contribution in [0.4, 0.5) is 5.82 Å². The number of aromatic nitrogens is 1. The Balaban J connectivity index is 2.26. The fourth-order valence-electron chi connectivity index (χ4n) is 1.59. The monoisotopic (exact) mass is 260 g/mol. The van der Waals surface area contributed by atoms with Crippen molar-refractivity contribution in [2.75, 3.05) is 26.6 Å². The van der Waals surface area contributed by atoms with E-state index in [1.807, 2.05) is 6.07 Å². The molecule has 0 radical (unpaired) electrons. The molecule has 19 heavy (non-hydrogen) atoms. The minimum Gasteiger partial charge on any atom is -0.496 e. The summed E-state index contributed by atoms with van der Waals surface area (Å²) >= 11 is 0. The summed E-state index contributed by atoms with van der Waals surface area (Å²) in [6.45, 7) is 0. The third kappa shape index (κ3) is 3.28. The fraction of sp³-hybridized carbons (Fsp3) is 0.214. The molecule has 1 aromatic heterocycles. The number of hydrogen-bond acceptors (Lipinski definition) is 5. The molecule has 0 aliphatic heterocycles. The molecule has 2 aromatic rings. The molecule has 1 N–H and O–H groups in total. The first-order valence-electron chi connectivity index (χ1n) is 5.80. The van der Waals surface area contributed by atoms with Crippen molar-refractivity contribution in [3.63, 3.8) is 0 Å². The highest BCUT2D eigenvalue weighted by Gasteiger charge is 2.04. The minimum atomic E-state index is 0.643. The van der Waals surface area contributed by atoms with E-state index in [0.717, 1.165) is 5.82 Å². The number of benzene rings is 1. The Hall–Kier alpha value is -2.43. The van der Waals surface area contributed by atoms with E-state index in [1.54, 1.807) is 51.7 Å². The van der Waals surface area contributed by atoms with Crippen LogP contribution in [0, 0.1) is 0 Å². The molecule has 1 aromatic carbocycles. The van der Waals surface area contributed by atoms with Gasteiger partial charge in [0.2, 0.25) is 0 Å². The van der Waals surface area contributed by atoms with E-state index >= 15 is 0 Å². The third-order valence-electron chi connectivity index (χ3n) is 2.55. The summed E-state index contributed by atoms with van der Waals surface area (Å²) in [6.07, 6.45) is 1.68. The molecule has 0 amide bonds. The first-order chi connectivity index (χ1) is 9.25. The van der Waals surface area contributed by atoms with Gasteiger partial charge in [0.1, 0.15) is 28.8 Å². The van der Waals surface area contributed by atoms with Gasteiger partial charge in [0.05, 0.1) is 14.2 Å². The normalized spacial score (nSPS) is 9.84. The Kier molecular flexibility index (Phi) is 4.07. The van der Waals surface area contributed by atoms with Crippen LogP contribution in [-0.2, 0) is 0 Å². The Bertz CT molecular complexity index is 536. The van der Waals surface area contributed by atoms with Gasteiger partial charge in [-0.05, 0) is 6.07 Å².